The van der Waals surface area contributed by atoms with E-state index < -0.39 is 39.7 Å². The number of Topliss-reactive ketones (excluding diaryl/α,β-unsaturated/α-hetero) is 1. The van der Waals surface area contributed by atoms with Gasteiger partial charge in [0.1, 0.15) is 11.4 Å². The van der Waals surface area contributed by atoms with Gasteiger partial charge in [-0.15, -0.1) is 0 Å². The molecule has 1 amide bonds. The molecule has 55 heavy (non-hydrogen) atoms. The van der Waals surface area contributed by atoms with E-state index in [0.717, 1.165) is 63.1 Å². The quantitative estimate of drug-likeness (QED) is 0.242. The topological polar surface area (TPSA) is 80.0 Å². The van der Waals surface area contributed by atoms with Gasteiger partial charge in [-0.2, -0.15) is 13.2 Å². The Labute approximate surface area is 325 Å². The predicted molar refractivity (Wildman–Crippen MR) is 201 cm³/mol. The van der Waals surface area contributed by atoms with Crippen molar-refractivity contribution in [2.45, 2.75) is 110 Å². The molecule has 2 heterocycles. The number of nitrogens with zero attached hydrogens (tertiary/aromatic N) is 1. The molecular weight excluding hydrogens is 727 g/mol. The second-order valence-corrected chi connectivity index (χ2v) is 20.3. The molecule has 10 heteroatoms. The molecule has 4 bridgehead atoms. The van der Waals surface area contributed by atoms with E-state index in [2.05, 4.69) is 45.9 Å². The van der Waals surface area contributed by atoms with Crippen molar-refractivity contribution in [1.82, 2.24) is 4.90 Å². The van der Waals surface area contributed by atoms with Crippen LogP contribution >= 0.6 is 11.6 Å². The Morgan fingerprint density at radius 1 is 0.964 bits per heavy atom. The van der Waals surface area contributed by atoms with Gasteiger partial charge in [-0.3, -0.25) is 4.79 Å². The lowest BCUT2D eigenvalue weighted by Gasteiger charge is -2.71. The molecule has 1 aliphatic heterocycles. The smallest absolute Gasteiger partial charge is 0.416 e. The largest absolute Gasteiger partial charge is 0.453 e. The van der Waals surface area contributed by atoms with Crippen LogP contribution in [0.4, 0.5) is 18.0 Å². The van der Waals surface area contributed by atoms with Gasteiger partial charge in [-0.1, -0.05) is 57.5 Å². The highest BCUT2D eigenvalue weighted by molar-refractivity contribution is 6.33. The maximum absolute atomic E-state index is 15.1. The van der Waals surface area contributed by atoms with Crippen molar-refractivity contribution in [3.63, 3.8) is 0 Å². The van der Waals surface area contributed by atoms with Crippen LogP contribution in [0.2, 0.25) is 5.02 Å². The van der Waals surface area contributed by atoms with Crippen LogP contribution in [0, 0.1) is 56.7 Å². The summed E-state index contributed by atoms with van der Waals surface area (Å²) in [6.45, 7) is 10.7. The molecule has 12 rings (SSSR count). The Morgan fingerprint density at radius 2 is 1.71 bits per heavy atom. The number of amides is 1. The van der Waals surface area contributed by atoms with Crippen molar-refractivity contribution in [3.05, 3.63) is 70.5 Å². The van der Waals surface area contributed by atoms with Crippen molar-refractivity contribution < 1.29 is 37.0 Å². The highest BCUT2D eigenvalue weighted by Gasteiger charge is 2.76. The molecule has 7 fully saturated rings. The lowest BCUT2D eigenvalue weighted by molar-refractivity contribution is -0.164. The van der Waals surface area contributed by atoms with Gasteiger partial charge in [-0.05, 0) is 135 Å². The van der Waals surface area contributed by atoms with E-state index in [1.807, 2.05) is 4.90 Å². The van der Waals surface area contributed by atoms with Gasteiger partial charge in [0.25, 0.3) is 0 Å². The van der Waals surface area contributed by atoms with Gasteiger partial charge < -0.3 is 19.2 Å². The molecule has 1 aromatic heterocycles. The summed E-state index contributed by atoms with van der Waals surface area (Å²) in [4.78, 5) is 31.0. The average molecular weight is 778 g/mol. The summed E-state index contributed by atoms with van der Waals surface area (Å²) in [5.74, 6) is 1.84. The maximum atomic E-state index is 15.1. The SMILES string of the molecule is CC1(C)C2CCC(CN3CC4(CCC5C67C=CC8(C=C6C(=O)c6ccc(-c9cc(C(F)(F)F)ccc9Cl)o6)CC(O)CCC8(C)C7CCC54C)OC3=O)C1C2. The second kappa shape index (κ2) is 11.3. The van der Waals surface area contributed by atoms with Crippen molar-refractivity contribution in [2.24, 2.45) is 56.7 Å². The molecule has 6 nitrogen and oxygen atoms in total. The van der Waals surface area contributed by atoms with Crippen molar-refractivity contribution in [1.29, 1.82) is 0 Å². The number of hydrogen-bond donors (Lipinski definition) is 1. The molecule has 10 aliphatic rings. The third-order valence-corrected chi connectivity index (χ3v) is 18.1. The normalized spacial score (nSPS) is 43.4. The Balaban J connectivity index is 1.02. The van der Waals surface area contributed by atoms with E-state index in [1.165, 1.54) is 25.0 Å². The van der Waals surface area contributed by atoms with Crippen LogP contribution in [-0.2, 0) is 10.9 Å². The average Bonchev–Trinajstić information content (AvgIpc) is 3.83. The zero-order valence-corrected chi connectivity index (χ0v) is 32.9. The Hall–Kier alpha value is -3.04. The van der Waals surface area contributed by atoms with Gasteiger partial charge in [0.05, 0.1) is 23.2 Å². The van der Waals surface area contributed by atoms with E-state index in [9.17, 15) is 23.1 Å². The zero-order chi connectivity index (χ0) is 38.7. The number of aliphatic hydroxyl groups is 1. The summed E-state index contributed by atoms with van der Waals surface area (Å²) in [6, 6.07) is 6.15. The van der Waals surface area contributed by atoms with E-state index in [-0.39, 0.29) is 51.2 Å². The van der Waals surface area contributed by atoms with Gasteiger partial charge in [0.2, 0.25) is 5.78 Å². The van der Waals surface area contributed by atoms with E-state index in [1.54, 1.807) is 6.07 Å². The monoisotopic (exact) mass is 777 g/mol. The molecule has 11 unspecified atom stereocenters. The number of hydrogen-bond acceptors (Lipinski definition) is 5. The molecule has 2 aromatic rings. The summed E-state index contributed by atoms with van der Waals surface area (Å²) in [7, 11) is 0. The number of furan rings is 1. The van der Waals surface area contributed by atoms with E-state index >= 15 is 4.79 Å². The number of ether oxygens (including phenoxy) is 1. The Morgan fingerprint density at radius 3 is 2.45 bits per heavy atom. The highest BCUT2D eigenvalue weighted by atomic mass is 35.5. The molecule has 1 N–H and O–H groups in total. The number of halogens is 4. The van der Waals surface area contributed by atoms with Crippen LogP contribution in [-0.4, -0.2) is 46.7 Å². The minimum Gasteiger partial charge on any atom is -0.453 e. The number of alkyl halides is 3. The Kier molecular flexibility index (Phi) is 7.48. The first-order chi connectivity index (χ1) is 25.9. The molecular formula is C45H51ClF3NO5. The number of carbonyl (C=O) groups is 2. The number of ketones is 1. The first-order valence-corrected chi connectivity index (χ1v) is 20.9. The summed E-state index contributed by atoms with van der Waals surface area (Å²) >= 11 is 6.40. The number of rotatable bonds is 5. The fraction of sp³-hybridized carbons (Fsp3) is 0.644. The van der Waals surface area contributed by atoms with Gasteiger partial charge in [-0.25, -0.2) is 4.79 Å². The van der Waals surface area contributed by atoms with E-state index in [0.29, 0.717) is 42.2 Å². The number of aliphatic hydroxyl groups excluding tert-OH is 1. The Bertz CT molecular complexity index is 2070. The van der Waals surface area contributed by atoms with Crippen molar-refractivity contribution >= 4 is 23.5 Å². The second-order valence-electron chi connectivity index (χ2n) is 19.9. The third kappa shape index (κ3) is 4.60. The van der Waals surface area contributed by atoms with Crippen LogP contribution in [0.25, 0.3) is 11.3 Å². The van der Waals surface area contributed by atoms with E-state index in [4.69, 9.17) is 20.8 Å². The van der Waals surface area contributed by atoms with Gasteiger partial charge in [0.15, 0.2) is 5.76 Å². The molecule has 3 spiro atoms. The molecule has 9 aliphatic carbocycles. The highest BCUT2D eigenvalue weighted by Crippen LogP contribution is 2.79. The van der Waals surface area contributed by atoms with Crippen LogP contribution in [0.15, 0.2) is 58.6 Å². The van der Waals surface area contributed by atoms with Gasteiger partial charge in [0, 0.05) is 33.9 Å². The number of fused-ring (bicyclic) bond motifs is 4. The first-order valence-electron chi connectivity index (χ1n) is 20.5. The minimum atomic E-state index is -4.57. The first kappa shape index (κ1) is 36.3. The van der Waals surface area contributed by atoms with Crippen LogP contribution in [0.3, 0.4) is 0 Å². The third-order valence-electron chi connectivity index (χ3n) is 17.8. The molecule has 1 saturated heterocycles. The summed E-state index contributed by atoms with van der Waals surface area (Å²) in [5, 5.41) is 11.2. The summed E-state index contributed by atoms with van der Waals surface area (Å²) in [6.07, 6.45) is 10.3. The fourth-order valence-electron chi connectivity index (χ4n) is 14.6. The van der Waals surface area contributed by atoms with Crippen LogP contribution < -0.4 is 0 Å². The van der Waals surface area contributed by atoms with Crippen molar-refractivity contribution in [3.8, 4) is 11.3 Å². The summed E-state index contributed by atoms with van der Waals surface area (Å²) < 4.78 is 53.9. The van der Waals surface area contributed by atoms with Crippen LogP contribution in [0.5, 0.6) is 0 Å². The summed E-state index contributed by atoms with van der Waals surface area (Å²) in [5.41, 5.74) is -2.32. The molecule has 0 radical (unpaired) electrons. The lowest BCUT2D eigenvalue weighted by atomic mass is 9.32. The van der Waals surface area contributed by atoms with Crippen molar-refractivity contribution in [2.75, 3.05) is 13.1 Å². The standard InChI is InChI=1S/C45H51ClF3NO5/c1-39(2)26-6-5-25(30(39)20-26)23-50-24-43(55-38(50)53)16-13-36-41(43,4)15-12-35-40(3)14-11-28(51)21-42(40)17-18-44(35,36)31(22-42)37(52)34-10-9-33(54-34)29-19-27(45(47,48)49)7-8-32(29)46/h7-10,17-19,22,25-26,28,30,35-36,51H,5-6,11-16,20-21,23-24H2,1-4H3. The fourth-order valence-corrected chi connectivity index (χ4v) is 14.8. The minimum absolute atomic E-state index is 0.00623. The lowest BCUT2D eigenvalue weighted by Crippen LogP contribution is -2.67. The predicted octanol–water partition coefficient (Wildman–Crippen LogP) is 10.9. The zero-order valence-electron chi connectivity index (χ0n) is 32.1. The molecule has 11 atom stereocenters. The molecule has 1 aromatic carbocycles. The van der Waals surface area contributed by atoms with Gasteiger partial charge >= 0.3 is 12.3 Å². The number of carbonyl (C=O) groups excluding carboxylic acids is 2. The number of allylic oxidation sites excluding steroid dienone is 4. The molecule has 294 valence electrons. The maximum Gasteiger partial charge on any atom is 0.416 e. The van der Waals surface area contributed by atoms with Crippen LogP contribution in [0.1, 0.15) is 108 Å². The number of benzene rings is 1. The molecule has 6 saturated carbocycles.